The van der Waals surface area contributed by atoms with Crippen LogP contribution in [0, 0.1) is 0 Å². The highest BCUT2D eigenvalue weighted by Gasteiger charge is 2.34. The first-order valence-corrected chi connectivity index (χ1v) is 11.2. The predicted molar refractivity (Wildman–Crippen MR) is 116 cm³/mol. The van der Waals surface area contributed by atoms with Gasteiger partial charge < -0.3 is 5.11 Å². The Morgan fingerprint density at radius 3 is 2.44 bits per heavy atom. The number of aromatic nitrogens is 3. The van der Waals surface area contributed by atoms with Crippen molar-refractivity contribution in [3.63, 3.8) is 0 Å². The fourth-order valence-electron chi connectivity index (χ4n) is 2.71. The number of rotatable bonds is 7. The molecule has 13 heteroatoms. The first-order chi connectivity index (χ1) is 15.0. The summed E-state index contributed by atoms with van der Waals surface area (Å²) < 4.78 is 67.5. The fraction of sp³-hybridized carbons (Fsp3) is 0.0526. The highest BCUT2D eigenvalue weighted by atomic mass is 35.5. The Kier molecular flexibility index (Phi) is 6.58. The van der Waals surface area contributed by atoms with Gasteiger partial charge in [-0.2, -0.15) is 18.3 Å². The van der Waals surface area contributed by atoms with Crippen LogP contribution in [0.2, 0.25) is 5.02 Å². The lowest BCUT2D eigenvalue weighted by atomic mass is 10.0. The monoisotopic (exact) mass is 502 g/mol. The van der Waals surface area contributed by atoms with Gasteiger partial charge in [-0.3, -0.25) is 9.82 Å². The average molecular weight is 503 g/mol. The summed E-state index contributed by atoms with van der Waals surface area (Å²) in [4.78, 5) is 3.46. The van der Waals surface area contributed by atoms with Gasteiger partial charge in [-0.1, -0.05) is 36.9 Å². The maximum absolute atomic E-state index is 13.2. The van der Waals surface area contributed by atoms with E-state index in [9.17, 15) is 26.7 Å². The van der Waals surface area contributed by atoms with Crippen molar-refractivity contribution in [1.29, 1.82) is 0 Å². The first-order valence-electron chi connectivity index (χ1n) is 8.55. The lowest BCUT2D eigenvalue weighted by molar-refractivity contribution is -0.137. The van der Waals surface area contributed by atoms with Gasteiger partial charge in [-0.05, 0) is 36.0 Å². The third-order valence-electron chi connectivity index (χ3n) is 4.15. The topological polar surface area (TPSA) is 108 Å². The van der Waals surface area contributed by atoms with Gasteiger partial charge in [0.1, 0.15) is 12.1 Å². The molecular formula is C19H14ClF3N4O3S2. The largest absolute Gasteiger partial charge is 0.506 e. The summed E-state index contributed by atoms with van der Waals surface area (Å²) in [6.45, 7) is 7.23. The number of sulfonamides is 1. The van der Waals surface area contributed by atoms with Gasteiger partial charge in [0.05, 0.1) is 26.1 Å². The van der Waals surface area contributed by atoms with Crippen LogP contribution in [0.4, 0.5) is 18.9 Å². The fourth-order valence-corrected chi connectivity index (χ4v) is 4.82. The van der Waals surface area contributed by atoms with Crippen LogP contribution in [-0.4, -0.2) is 28.7 Å². The van der Waals surface area contributed by atoms with Crippen molar-refractivity contribution in [2.24, 2.45) is 0 Å². The molecule has 0 aliphatic carbocycles. The molecule has 0 bridgehead atoms. The third-order valence-corrected chi connectivity index (χ3v) is 6.76. The quantitative estimate of drug-likeness (QED) is 0.372. The van der Waals surface area contributed by atoms with Crippen LogP contribution >= 0.6 is 23.4 Å². The molecule has 0 aliphatic rings. The number of halogens is 4. The smallest absolute Gasteiger partial charge is 0.417 e. The van der Waals surface area contributed by atoms with E-state index < -0.39 is 31.7 Å². The maximum atomic E-state index is 13.2. The van der Waals surface area contributed by atoms with Gasteiger partial charge in [0.15, 0.2) is 5.16 Å². The number of alkyl halides is 3. The summed E-state index contributed by atoms with van der Waals surface area (Å²) in [6.07, 6.45) is -1.03. The van der Waals surface area contributed by atoms with Crippen LogP contribution in [0.25, 0.3) is 12.2 Å². The number of nitrogens with one attached hydrogen (secondary N) is 2. The Morgan fingerprint density at radius 1 is 1.19 bits per heavy atom. The molecule has 0 fully saturated rings. The van der Waals surface area contributed by atoms with E-state index in [0.29, 0.717) is 11.2 Å². The van der Waals surface area contributed by atoms with Crippen molar-refractivity contribution >= 4 is 51.2 Å². The number of phenols is 1. The molecule has 0 aliphatic heterocycles. The second kappa shape index (κ2) is 8.88. The summed E-state index contributed by atoms with van der Waals surface area (Å²) in [6, 6.07) is 3.54. The number of benzene rings is 2. The molecule has 0 unspecified atom stereocenters. The summed E-state index contributed by atoms with van der Waals surface area (Å²) in [5.74, 6) is -0.218. The molecule has 0 amide bonds. The predicted octanol–water partition coefficient (Wildman–Crippen LogP) is 5.42. The minimum absolute atomic E-state index is 0.0433. The van der Waals surface area contributed by atoms with Crippen LogP contribution in [0.15, 0.2) is 58.7 Å². The van der Waals surface area contributed by atoms with Crippen molar-refractivity contribution in [3.8, 4) is 5.75 Å². The van der Waals surface area contributed by atoms with Crippen molar-refractivity contribution in [2.75, 3.05) is 4.72 Å². The highest BCUT2D eigenvalue weighted by molar-refractivity contribution is 7.99. The van der Waals surface area contributed by atoms with E-state index in [1.54, 1.807) is 0 Å². The van der Waals surface area contributed by atoms with Crippen LogP contribution in [0.1, 0.15) is 16.7 Å². The van der Waals surface area contributed by atoms with Crippen molar-refractivity contribution in [2.45, 2.75) is 21.1 Å². The van der Waals surface area contributed by atoms with Gasteiger partial charge in [-0.25, -0.2) is 13.4 Å². The minimum Gasteiger partial charge on any atom is -0.506 e. The number of anilines is 1. The number of nitrogens with zero attached hydrogens (tertiary/aromatic N) is 2. The minimum atomic E-state index is -4.84. The van der Waals surface area contributed by atoms with Gasteiger partial charge in [0.2, 0.25) is 0 Å². The Morgan fingerprint density at radius 2 is 1.88 bits per heavy atom. The molecule has 0 saturated carbocycles. The van der Waals surface area contributed by atoms with E-state index in [-0.39, 0.29) is 27.5 Å². The van der Waals surface area contributed by atoms with E-state index >= 15 is 0 Å². The highest BCUT2D eigenvalue weighted by Crippen LogP contribution is 2.42. The zero-order valence-electron chi connectivity index (χ0n) is 15.9. The van der Waals surface area contributed by atoms with Gasteiger partial charge >= 0.3 is 6.18 Å². The Hall–Kier alpha value is -2.96. The second-order valence-corrected chi connectivity index (χ2v) is 9.26. The van der Waals surface area contributed by atoms with E-state index in [0.717, 1.165) is 23.9 Å². The first kappa shape index (κ1) is 23.7. The SMILES string of the molecule is C=Cc1c(NS(=O)(=O)c2ccc(Cl)c(C(F)(F)F)c2)cc(Sc2ncn[nH]2)c(O)c1C=C. The Balaban J connectivity index is 2.11. The van der Waals surface area contributed by atoms with Crippen molar-refractivity contribution < 1.29 is 26.7 Å². The summed E-state index contributed by atoms with van der Waals surface area (Å²) in [5.41, 5.74) is -0.995. The maximum Gasteiger partial charge on any atom is 0.417 e. The molecule has 0 saturated heterocycles. The summed E-state index contributed by atoms with van der Waals surface area (Å²) in [7, 11) is -4.48. The number of H-pyrrole nitrogens is 1. The normalized spacial score (nSPS) is 11.9. The third kappa shape index (κ3) is 4.76. The molecule has 32 heavy (non-hydrogen) atoms. The van der Waals surface area contributed by atoms with Gasteiger partial charge in [-0.15, -0.1) is 0 Å². The molecule has 3 aromatic rings. The second-order valence-electron chi connectivity index (χ2n) is 6.14. The van der Waals surface area contributed by atoms with Crippen LogP contribution in [0.5, 0.6) is 5.75 Å². The molecule has 3 N–H and O–H groups in total. The Labute approximate surface area is 190 Å². The molecule has 0 spiro atoms. The van der Waals surface area contributed by atoms with E-state index in [1.807, 2.05) is 0 Å². The number of aromatic amines is 1. The molecule has 1 aromatic heterocycles. The molecule has 7 nitrogen and oxygen atoms in total. The zero-order chi connectivity index (χ0) is 23.7. The molecule has 0 atom stereocenters. The van der Waals surface area contributed by atoms with E-state index in [4.69, 9.17) is 11.6 Å². The van der Waals surface area contributed by atoms with Gasteiger partial charge in [0.25, 0.3) is 10.0 Å². The molecule has 1 heterocycles. The standard InChI is InChI=1S/C19H14ClF3N4O3S2/c1-3-11-12(4-2)17(28)16(31-18-24-9-25-26-18)8-15(11)27-32(29,30)10-5-6-14(20)13(7-10)19(21,22)23/h3-9,27-28H,1-2H2,(H,24,25,26). The summed E-state index contributed by atoms with van der Waals surface area (Å²) in [5, 5.41) is 16.5. The number of aromatic hydroxyl groups is 1. The molecule has 2 aromatic carbocycles. The molecule has 0 radical (unpaired) electrons. The van der Waals surface area contributed by atoms with Crippen LogP contribution in [0.3, 0.4) is 0 Å². The lowest BCUT2D eigenvalue weighted by Crippen LogP contribution is -2.16. The lowest BCUT2D eigenvalue weighted by Gasteiger charge is -2.17. The number of phenolic OH excluding ortho intramolecular Hbond substituents is 1. The van der Waals surface area contributed by atoms with Crippen molar-refractivity contribution in [1.82, 2.24) is 15.2 Å². The summed E-state index contributed by atoms with van der Waals surface area (Å²) >= 11 is 6.53. The number of hydrogen-bond donors (Lipinski definition) is 3. The van der Waals surface area contributed by atoms with Crippen LogP contribution in [-0.2, 0) is 16.2 Å². The van der Waals surface area contributed by atoms with E-state index in [1.165, 1.54) is 24.5 Å². The average Bonchev–Trinajstić information content (AvgIpc) is 3.22. The Bertz CT molecular complexity index is 1290. The molecule has 3 rings (SSSR count). The van der Waals surface area contributed by atoms with Crippen LogP contribution < -0.4 is 4.72 Å². The molecule has 168 valence electrons. The molecular weight excluding hydrogens is 489 g/mol. The van der Waals surface area contributed by atoms with E-state index in [2.05, 4.69) is 33.1 Å². The van der Waals surface area contributed by atoms with Crippen molar-refractivity contribution in [3.05, 3.63) is 65.5 Å². The zero-order valence-corrected chi connectivity index (χ0v) is 18.3. The van der Waals surface area contributed by atoms with Gasteiger partial charge in [0, 0.05) is 11.1 Å². The number of hydrogen-bond acceptors (Lipinski definition) is 6.